The largest absolute Gasteiger partial charge is 0.327 e. The first-order valence-corrected chi connectivity index (χ1v) is 9.35. The summed E-state index contributed by atoms with van der Waals surface area (Å²) in [5.74, 6) is -0.770. The molecule has 1 N–H and O–H groups in total. The lowest BCUT2D eigenvalue weighted by atomic mass is 10.1. The van der Waals surface area contributed by atoms with Gasteiger partial charge in [-0.1, -0.05) is 29.3 Å². The van der Waals surface area contributed by atoms with Crippen LogP contribution >= 0.6 is 23.2 Å². The Bertz CT molecular complexity index is 964. The Morgan fingerprint density at radius 2 is 1.96 bits per heavy atom. The first kappa shape index (κ1) is 20.1. The zero-order valence-corrected chi connectivity index (χ0v) is 16.5. The zero-order chi connectivity index (χ0) is 20.4. The highest BCUT2D eigenvalue weighted by Gasteiger charge is 2.35. The summed E-state index contributed by atoms with van der Waals surface area (Å²) >= 11 is 12.1. The molecule has 0 saturated carbocycles. The van der Waals surface area contributed by atoms with Gasteiger partial charge in [0.1, 0.15) is 6.04 Å². The Balaban J connectivity index is 1.82. The fraction of sp³-hybridized carbons (Fsp3) is 0.263. The molecule has 28 heavy (non-hydrogen) atoms. The molecule has 0 spiro atoms. The van der Waals surface area contributed by atoms with Gasteiger partial charge in [-0.25, -0.2) is 0 Å². The molecular formula is C19H17Cl2N3O4. The van der Waals surface area contributed by atoms with E-state index in [0.717, 1.165) is 0 Å². The van der Waals surface area contributed by atoms with Crippen molar-refractivity contribution in [1.29, 1.82) is 0 Å². The number of hydrogen-bond donors (Lipinski definition) is 1. The van der Waals surface area contributed by atoms with Crippen LogP contribution in [0.25, 0.3) is 0 Å². The first-order valence-electron chi connectivity index (χ1n) is 8.60. The van der Waals surface area contributed by atoms with E-state index in [2.05, 4.69) is 5.32 Å². The van der Waals surface area contributed by atoms with Crippen LogP contribution in [-0.4, -0.2) is 34.2 Å². The Morgan fingerprint density at radius 1 is 1.21 bits per heavy atom. The normalized spacial score (nSPS) is 16.1. The highest BCUT2D eigenvalue weighted by molar-refractivity contribution is 6.35. The van der Waals surface area contributed by atoms with E-state index >= 15 is 0 Å². The minimum absolute atomic E-state index is 0.119. The predicted octanol–water partition coefficient (Wildman–Crippen LogP) is 4.45. The zero-order valence-electron chi connectivity index (χ0n) is 14.9. The average Bonchev–Trinajstić information content (AvgIpc) is 3.14. The van der Waals surface area contributed by atoms with Crippen molar-refractivity contribution in [1.82, 2.24) is 4.90 Å². The fourth-order valence-electron chi connectivity index (χ4n) is 3.17. The number of likely N-dealkylation sites (tertiary alicyclic amines) is 1. The van der Waals surface area contributed by atoms with E-state index in [9.17, 15) is 19.7 Å². The second kappa shape index (κ2) is 8.16. The van der Waals surface area contributed by atoms with Gasteiger partial charge in [-0.05, 0) is 43.5 Å². The number of aryl methyl sites for hydroxylation is 1. The molecule has 0 radical (unpaired) electrons. The van der Waals surface area contributed by atoms with Crippen LogP contribution in [0.4, 0.5) is 11.4 Å². The predicted molar refractivity (Wildman–Crippen MR) is 107 cm³/mol. The van der Waals surface area contributed by atoms with Crippen molar-refractivity contribution in [3.63, 3.8) is 0 Å². The van der Waals surface area contributed by atoms with Gasteiger partial charge in [0.2, 0.25) is 5.91 Å². The number of amides is 2. The maximum Gasteiger partial charge on any atom is 0.271 e. The quantitative estimate of drug-likeness (QED) is 0.582. The Labute approximate surface area is 171 Å². The van der Waals surface area contributed by atoms with Crippen LogP contribution in [0.5, 0.6) is 0 Å². The molecule has 1 saturated heterocycles. The summed E-state index contributed by atoms with van der Waals surface area (Å²) in [4.78, 5) is 37.6. The fourth-order valence-corrected chi connectivity index (χ4v) is 3.54. The molecule has 2 aromatic rings. The number of nitrogens with one attached hydrogen (secondary N) is 1. The summed E-state index contributed by atoms with van der Waals surface area (Å²) in [6, 6.07) is 8.15. The lowest BCUT2D eigenvalue weighted by Gasteiger charge is -2.24. The van der Waals surface area contributed by atoms with Crippen molar-refractivity contribution in [2.75, 3.05) is 11.9 Å². The molecule has 0 aliphatic carbocycles. The van der Waals surface area contributed by atoms with Crippen LogP contribution < -0.4 is 5.32 Å². The third-order valence-electron chi connectivity index (χ3n) is 4.66. The van der Waals surface area contributed by atoms with Crippen molar-refractivity contribution >= 4 is 46.4 Å². The molecule has 0 aromatic heterocycles. The second-order valence-electron chi connectivity index (χ2n) is 6.53. The van der Waals surface area contributed by atoms with E-state index in [1.807, 2.05) is 0 Å². The van der Waals surface area contributed by atoms with Gasteiger partial charge in [0.25, 0.3) is 11.6 Å². The van der Waals surface area contributed by atoms with Gasteiger partial charge in [0, 0.05) is 23.7 Å². The van der Waals surface area contributed by atoms with Gasteiger partial charge in [0.15, 0.2) is 0 Å². The third-order valence-corrected chi connectivity index (χ3v) is 5.23. The van der Waals surface area contributed by atoms with E-state index in [-0.39, 0.29) is 22.2 Å². The Kier molecular flexibility index (Phi) is 5.86. The van der Waals surface area contributed by atoms with E-state index in [4.69, 9.17) is 23.2 Å². The molecule has 2 aromatic carbocycles. The maximum atomic E-state index is 12.9. The number of halogens is 2. The van der Waals surface area contributed by atoms with Gasteiger partial charge >= 0.3 is 0 Å². The van der Waals surface area contributed by atoms with Crippen LogP contribution in [0.15, 0.2) is 36.4 Å². The van der Waals surface area contributed by atoms with Gasteiger partial charge in [0.05, 0.1) is 21.2 Å². The number of rotatable bonds is 4. The summed E-state index contributed by atoms with van der Waals surface area (Å²) in [5.41, 5.74) is 1.15. The monoisotopic (exact) mass is 421 g/mol. The van der Waals surface area contributed by atoms with Crippen molar-refractivity contribution in [2.24, 2.45) is 0 Å². The number of nitrogens with zero attached hydrogens (tertiary/aromatic N) is 2. The third kappa shape index (κ3) is 4.10. The van der Waals surface area contributed by atoms with Gasteiger partial charge in [-0.2, -0.15) is 0 Å². The standard InChI is InChI=1S/C19H17Cl2N3O4/c1-11-4-6-13(24(27)28)10-16(11)22-18(25)17-3-2-8-23(17)19(26)14-9-12(20)5-7-15(14)21/h4-7,9-10,17H,2-3,8H2,1H3,(H,22,25). The topological polar surface area (TPSA) is 92.6 Å². The van der Waals surface area contributed by atoms with Crippen LogP contribution in [0.1, 0.15) is 28.8 Å². The van der Waals surface area contributed by atoms with Crippen molar-refractivity contribution in [3.05, 3.63) is 67.7 Å². The first-order chi connectivity index (χ1) is 13.3. The SMILES string of the molecule is Cc1ccc([N+](=O)[O-])cc1NC(=O)C1CCCN1C(=O)c1cc(Cl)ccc1Cl. The molecule has 0 bridgehead atoms. The molecule has 3 rings (SSSR count). The number of non-ortho nitro benzene ring substituents is 1. The smallest absolute Gasteiger partial charge is 0.271 e. The molecule has 9 heteroatoms. The summed E-state index contributed by atoms with van der Waals surface area (Å²) in [7, 11) is 0. The van der Waals surface area contributed by atoms with E-state index < -0.39 is 16.9 Å². The van der Waals surface area contributed by atoms with Crippen molar-refractivity contribution in [2.45, 2.75) is 25.8 Å². The van der Waals surface area contributed by atoms with Crippen LogP contribution in [0.2, 0.25) is 10.0 Å². The number of carbonyl (C=O) groups is 2. The maximum absolute atomic E-state index is 12.9. The van der Waals surface area contributed by atoms with Gasteiger partial charge in [-0.15, -0.1) is 0 Å². The summed E-state index contributed by atoms with van der Waals surface area (Å²) in [6.45, 7) is 2.15. The second-order valence-corrected chi connectivity index (χ2v) is 7.37. The van der Waals surface area contributed by atoms with E-state index in [0.29, 0.717) is 35.7 Å². The molecule has 2 amide bonds. The summed E-state index contributed by atoms with van der Waals surface area (Å²) < 4.78 is 0. The molecular weight excluding hydrogens is 405 g/mol. The lowest BCUT2D eigenvalue weighted by Crippen LogP contribution is -2.43. The molecule has 1 aliphatic heterocycles. The van der Waals surface area contributed by atoms with Crippen LogP contribution in [0, 0.1) is 17.0 Å². The van der Waals surface area contributed by atoms with Crippen LogP contribution in [0.3, 0.4) is 0 Å². The number of carbonyl (C=O) groups excluding carboxylic acids is 2. The number of benzene rings is 2. The van der Waals surface area contributed by atoms with Crippen molar-refractivity contribution < 1.29 is 14.5 Å². The molecule has 7 nitrogen and oxygen atoms in total. The minimum Gasteiger partial charge on any atom is -0.327 e. The number of anilines is 1. The van der Waals surface area contributed by atoms with Gasteiger partial charge in [-0.3, -0.25) is 19.7 Å². The van der Waals surface area contributed by atoms with Crippen molar-refractivity contribution in [3.8, 4) is 0 Å². The molecule has 1 unspecified atom stereocenters. The Morgan fingerprint density at radius 3 is 2.68 bits per heavy atom. The highest BCUT2D eigenvalue weighted by atomic mass is 35.5. The number of hydrogen-bond acceptors (Lipinski definition) is 4. The van der Waals surface area contributed by atoms with Crippen LogP contribution in [-0.2, 0) is 4.79 Å². The van der Waals surface area contributed by atoms with E-state index in [1.165, 1.54) is 29.2 Å². The molecule has 1 fully saturated rings. The highest BCUT2D eigenvalue weighted by Crippen LogP contribution is 2.28. The molecule has 146 valence electrons. The molecule has 1 aliphatic rings. The number of nitro benzene ring substituents is 1. The van der Waals surface area contributed by atoms with E-state index in [1.54, 1.807) is 19.1 Å². The molecule has 1 heterocycles. The Hall–Kier alpha value is -2.64. The lowest BCUT2D eigenvalue weighted by molar-refractivity contribution is -0.384. The molecule has 1 atom stereocenters. The van der Waals surface area contributed by atoms with Gasteiger partial charge < -0.3 is 10.2 Å². The summed E-state index contributed by atoms with van der Waals surface area (Å²) in [5, 5.41) is 14.3. The summed E-state index contributed by atoms with van der Waals surface area (Å²) in [6.07, 6.45) is 1.15. The minimum atomic E-state index is -0.693. The number of nitro groups is 1. The average molecular weight is 422 g/mol.